The third kappa shape index (κ3) is 19.3. The topological polar surface area (TPSA) is 202 Å². The van der Waals surface area contributed by atoms with Crippen LogP contribution in [0.15, 0.2) is 0 Å². The van der Waals surface area contributed by atoms with Crippen molar-refractivity contribution in [3.8, 4) is 0 Å². The molecule has 2 aliphatic rings. The maximum atomic E-state index is 12.7. The van der Waals surface area contributed by atoms with Gasteiger partial charge in [-0.25, -0.2) is 0 Å². The maximum Gasteiger partial charge on any atom is 0.305 e. The molecule has 55 heavy (non-hydrogen) atoms. The molecule has 13 nitrogen and oxygen atoms in total. The minimum absolute atomic E-state index is 0.100. The lowest BCUT2D eigenvalue weighted by atomic mass is 9.99. The van der Waals surface area contributed by atoms with E-state index in [9.17, 15) is 40.2 Å². The van der Waals surface area contributed by atoms with Gasteiger partial charge in [0.25, 0.3) is 0 Å². The van der Waals surface area contributed by atoms with Crippen LogP contribution in [0.5, 0.6) is 0 Å². The van der Waals surface area contributed by atoms with Crippen LogP contribution in [0, 0.1) is 0 Å². The number of aliphatic hydroxyl groups is 6. The van der Waals surface area contributed by atoms with Gasteiger partial charge in [-0.05, 0) is 12.8 Å². The highest BCUT2D eigenvalue weighted by atomic mass is 16.8. The Morgan fingerprint density at radius 2 is 0.945 bits per heavy atom. The SMILES string of the molecule is CCCCCCCCCCCCCCCCCCCC(=O)OC[C@H]1O[C@@](COC(=O)CCCCCCCCC)(O[C@H]2O[C@H](CO)[C@@H](O)[C@H](O)[C@H]2O)[C@@H](O)[C@@H]1O. The van der Waals surface area contributed by atoms with Crippen molar-refractivity contribution in [2.75, 3.05) is 19.8 Å². The Morgan fingerprint density at radius 1 is 0.527 bits per heavy atom. The van der Waals surface area contributed by atoms with Gasteiger partial charge in [-0.15, -0.1) is 0 Å². The smallest absolute Gasteiger partial charge is 0.305 e. The lowest BCUT2D eigenvalue weighted by molar-refractivity contribution is -0.383. The van der Waals surface area contributed by atoms with Crippen LogP contribution in [0.1, 0.15) is 181 Å². The summed E-state index contributed by atoms with van der Waals surface area (Å²) in [5, 5.41) is 62.8. The lowest BCUT2D eigenvalue weighted by Gasteiger charge is -2.43. The Morgan fingerprint density at radius 3 is 1.38 bits per heavy atom. The number of hydrogen-bond acceptors (Lipinski definition) is 13. The molecule has 13 heteroatoms. The summed E-state index contributed by atoms with van der Waals surface area (Å²) >= 11 is 0. The summed E-state index contributed by atoms with van der Waals surface area (Å²) in [6, 6.07) is 0. The van der Waals surface area contributed by atoms with Gasteiger partial charge in [0.1, 0.15) is 55.9 Å². The number of aliphatic hydroxyl groups excluding tert-OH is 6. The second-order valence-corrected chi connectivity index (χ2v) is 15.8. The molecule has 0 unspecified atom stereocenters. The second-order valence-electron chi connectivity index (χ2n) is 15.8. The van der Waals surface area contributed by atoms with Gasteiger partial charge in [0, 0.05) is 12.8 Å². The first-order valence-electron chi connectivity index (χ1n) is 21.9. The Kier molecular flexibility index (Phi) is 26.9. The molecule has 0 saturated carbocycles. The average Bonchev–Trinajstić information content (AvgIpc) is 3.41. The first-order chi connectivity index (χ1) is 26.6. The first kappa shape index (κ1) is 49.7. The number of hydrogen-bond donors (Lipinski definition) is 6. The molecular formula is C42H78O13. The molecule has 0 aromatic rings. The van der Waals surface area contributed by atoms with E-state index < -0.39 is 86.6 Å². The van der Waals surface area contributed by atoms with E-state index in [-0.39, 0.29) is 12.8 Å². The molecule has 6 N–H and O–H groups in total. The van der Waals surface area contributed by atoms with E-state index in [0.717, 1.165) is 51.4 Å². The molecule has 2 saturated heterocycles. The van der Waals surface area contributed by atoms with Crippen LogP contribution in [0.3, 0.4) is 0 Å². The predicted molar refractivity (Wildman–Crippen MR) is 208 cm³/mol. The highest BCUT2D eigenvalue weighted by Gasteiger charge is 2.59. The van der Waals surface area contributed by atoms with Crippen LogP contribution in [0.2, 0.25) is 0 Å². The molecule has 0 spiro atoms. The number of esters is 2. The standard InChI is InChI=1S/C42H78O13/c1-3-5-7-9-11-12-13-14-15-16-17-18-19-20-22-24-25-27-34(44)51-30-33-37(47)40(50)42(54-33,31-52-35(45)28-26-23-21-10-8-6-4-2)55-41-39(49)38(48)36(46)32(29-43)53-41/h32-33,36-41,43,46-50H,3-31H2,1-2H3/t32-,33-,36-,37-,38+,39-,40+,41-,42+/m1/s1. The fourth-order valence-corrected chi connectivity index (χ4v) is 7.33. The quantitative estimate of drug-likeness (QED) is 0.0340. The van der Waals surface area contributed by atoms with Gasteiger partial charge in [-0.3, -0.25) is 9.59 Å². The van der Waals surface area contributed by atoms with Crippen molar-refractivity contribution in [3.63, 3.8) is 0 Å². The Bertz CT molecular complexity index is 983. The Balaban J connectivity index is 1.76. The van der Waals surface area contributed by atoms with Crippen molar-refractivity contribution in [1.82, 2.24) is 0 Å². The van der Waals surface area contributed by atoms with Crippen molar-refractivity contribution in [2.45, 2.75) is 236 Å². The van der Waals surface area contributed by atoms with Crippen LogP contribution in [0.25, 0.3) is 0 Å². The van der Waals surface area contributed by atoms with Crippen molar-refractivity contribution >= 4 is 11.9 Å². The molecule has 2 rings (SSSR count). The summed E-state index contributed by atoms with van der Waals surface area (Å²) in [6.07, 6.45) is 15.1. The van der Waals surface area contributed by atoms with Crippen LogP contribution < -0.4 is 0 Å². The minimum Gasteiger partial charge on any atom is -0.463 e. The first-order valence-corrected chi connectivity index (χ1v) is 21.9. The van der Waals surface area contributed by atoms with Gasteiger partial charge in [-0.1, -0.05) is 155 Å². The Labute approximate surface area is 330 Å². The Hall–Kier alpha value is -1.42. The molecule has 2 aliphatic heterocycles. The molecule has 324 valence electrons. The van der Waals surface area contributed by atoms with Crippen LogP contribution in [0.4, 0.5) is 0 Å². The van der Waals surface area contributed by atoms with Crippen molar-refractivity contribution in [1.29, 1.82) is 0 Å². The predicted octanol–water partition coefficient (Wildman–Crippen LogP) is 5.89. The van der Waals surface area contributed by atoms with E-state index in [4.69, 9.17) is 23.7 Å². The van der Waals surface area contributed by atoms with E-state index >= 15 is 0 Å². The highest BCUT2D eigenvalue weighted by molar-refractivity contribution is 5.69. The molecule has 9 atom stereocenters. The third-order valence-corrected chi connectivity index (χ3v) is 11.0. The average molecular weight is 791 g/mol. The van der Waals surface area contributed by atoms with E-state index in [1.807, 2.05) is 0 Å². The number of unbranched alkanes of at least 4 members (excludes halogenated alkanes) is 22. The molecule has 0 aromatic carbocycles. The molecule has 2 heterocycles. The van der Waals surface area contributed by atoms with Crippen molar-refractivity contribution < 1.29 is 63.9 Å². The van der Waals surface area contributed by atoms with Crippen molar-refractivity contribution in [2.24, 2.45) is 0 Å². The molecule has 0 amide bonds. The third-order valence-electron chi connectivity index (χ3n) is 11.0. The number of carbonyl (C=O) groups excluding carboxylic acids is 2. The zero-order valence-corrected chi connectivity index (χ0v) is 34.2. The summed E-state index contributed by atoms with van der Waals surface area (Å²) in [4.78, 5) is 25.2. The van der Waals surface area contributed by atoms with Gasteiger partial charge in [0.05, 0.1) is 6.61 Å². The van der Waals surface area contributed by atoms with Gasteiger partial charge < -0.3 is 54.3 Å². The van der Waals surface area contributed by atoms with Crippen LogP contribution >= 0.6 is 0 Å². The molecule has 0 aromatic heterocycles. The summed E-state index contributed by atoms with van der Waals surface area (Å²) in [5.41, 5.74) is 0. The molecule has 0 radical (unpaired) electrons. The summed E-state index contributed by atoms with van der Waals surface area (Å²) in [5.74, 6) is -3.38. The van der Waals surface area contributed by atoms with E-state index in [2.05, 4.69) is 13.8 Å². The van der Waals surface area contributed by atoms with E-state index in [1.54, 1.807) is 0 Å². The second kappa shape index (κ2) is 29.7. The minimum atomic E-state index is -2.30. The number of rotatable bonds is 33. The maximum absolute atomic E-state index is 12.7. The normalized spacial score (nSPS) is 28.1. The molecule has 0 aliphatic carbocycles. The monoisotopic (exact) mass is 791 g/mol. The van der Waals surface area contributed by atoms with E-state index in [1.165, 1.54) is 89.9 Å². The fraction of sp³-hybridized carbons (Fsp3) is 0.952. The van der Waals surface area contributed by atoms with Gasteiger partial charge >= 0.3 is 11.9 Å². The number of carbonyl (C=O) groups is 2. The largest absolute Gasteiger partial charge is 0.463 e. The fourth-order valence-electron chi connectivity index (χ4n) is 7.33. The molecular weight excluding hydrogens is 712 g/mol. The van der Waals surface area contributed by atoms with Gasteiger partial charge in [-0.2, -0.15) is 0 Å². The number of ether oxygens (including phenoxy) is 5. The van der Waals surface area contributed by atoms with E-state index in [0.29, 0.717) is 12.8 Å². The van der Waals surface area contributed by atoms with Crippen molar-refractivity contribution in [3.05, 3.63) is 0 Å². The van der Waals surface area contributed by atoms with Crippen LogP contribution in [-0.2, 0) is 33.3 Å². The summed E-state index contributed by atoms with van der Waals surface area (Å²) in [7, 11) is 0. The summed E-state index contributed by atoms with van der Waals surface area (Å²) < 4.78 is 28.0. The lowest BCUT2D eigenvalue weighted by Crippen LogP contribution is -2.62. The zero-order chi connectivity index (χ0) is 40.3. The summed E-state index contributed by atoms with van der Waals surface area (Å²) in [6.45, 7) is 2.52. The molecule has 0 bridgehead atoms. The highest BCUT2D eigenvalue weighted by Crippen LogP contribution is 2.37. The van der Waals surface area contributed by atoms with Crippen LogP contribution in [-0.4, -0.2) is 117 Å². The molecule has 2 fully saturated rings. The zero-order valence-electron chi connectivity index (χ0n) is 34.2. The van der Waals surface area contributed by atoms with Gasteiger partial charge in [0.2, 0.25) is 5.79 Å². The van der Waals surface area contributed by atoms with Gasteiger partial charge in [0.15, 0.2) is 6.29 Å².